The maximum absolute atomic E-state index is 11.1. The van der Waals surface area contributed by atoms with Gasteiger partial charge >= 0.3 is 0 Å². The number of anilines is 1. The molecule has 0 fully saturated rings. The Kier molecular flexibility index (Phi) is 4.54. The number of methoxy groups -OCH3 is 1. The van der Waals surface area contributed by atoms with Crippen LogP contribution in [0.1, 0.15) is 11.8 Å². The second-order valence-electron chi connectivity index (χ2n) is 4.97. The summed E-state index contributed by atoms with van der Waals surface area (Å²) in [5, 5.41) is 14.8. The second-order valence-corrected chi connectivity index (χ2v) is 5.38. The molecule has 0 saturated carbocycles. The van der Waals surface area contributed by atoms with Gasteiger partial charge in [-0.3, -0.25) is 10.1 Å². The van der Waals surface area contributed by atoms with Gasteiger partial charge in [-0.25, -0.2) is 9.97 Å². The molecule has 1 atom stereocenters. The van der Waals surface area contributed by atoms with Crippen molar-refractivity contribution >= 4 is 34.0 Å². The van der Waals surface area contributed by atoms with Crippen LogP contribution in [-0.2, 0) is 4.74 Å². The molecular weight excluding hydrogens is 332 g/mol. The molecule has 0 amide bonds. The summed E-state index contributed by atoms with van der Waals surface area (Å²) >= 11 is 5.93. The third-order valence-corrected chi connectivity index (χ3v) is 3.81. The van der Waals surface area contributed by atoms with Crippen molar-refractivity contribution in [3.05, 3.63) is 69.5 Å². The molecule has 3 rings (SSSR count). The number of aromatic nitrogens is 2. The maximum Gasteiger partial charge on any atom is 0.288 e. The summed E-state index contributed by atoms with van der Waals surface area (Å²) in [6.07, 6.45) is 0.906. The number of halogens is 1. The summed E-state index contributed by atoms with van der Waals surface area (Å²) in [4.78, 5) is 18.9. The topological polar surface area (TPSA) is 90.2 Å². The molecule has 2 aromatic carbocycles. The minimum atomic E-state index is -0.538. The number of hydrogen-bond acceptors (Lipinski definition) is 6. The van der Waals surface area contributed by atoms with Gasteiger partial charge in [-0.2, -0.15) is 0 Å². The quantitative estimate of drug-likeness (QED) is 0.428. The smallest absolute Gasteiger partial charge is 0.288 e. The average Bonchev–Trinajstić information content (AvgIpc) is 2.59. The number of rotatable bonds is 5. The van der Waals surface area contributed by atoms with E-state index in [2.05, 4.69) is 15.3 Å². The van der Waals surface area contributed by atoms with E-state index in [-0.39, 0.29) is 10.7 Å². The maximum atomic E-state index is 11.1. The first-order valence-corrected chi connectivity index (χ1v) is 7.41. The van der Waals surface area contributed by atoms with Crippen LogP contribution in [0, 0.1) is 10.1 Å². The molecule has 1 N–H and O–H groups in total. The first kappa shape index (κ1) is 16.1. The predicted octanol–water partition coefficient (Wildman–Crippen LogP) is 3.95. The Labute approximate surface area is 142 Å². The third-order valence-electron chi connectivity index (χ3n) is 3.51. The molecule has 0 spiro atoms. The summed E-state index contributed by atoms with van der Waals surface area (Å²) < 4.78 is 5.46. The van der Waals surface area contributed by atoms with Gasteiger partial charge in [0.2, 0.25) is 0 Å². The summed E-state index contributed by atoms with van der Waals surface area (Å²) in [6, 6.07) is 12.3. The van der Waals surface area contributed by atoms with Crippen LogP contribution in [0.2, 0.25) is 5.02 Å². The van der Waals surface area contributed by atoms with Crippen molar-refractivity contribution in [2.24, 2.45) is 0 Å². The van der Waals surface area contributed by atoms with Gasteiger partial charge in [0.25, 0.3) is 5.69 Å². The number of ether oxygens (including phenoxy) is 1. The number of benzene rings is 2. The Morgan fingerprint density at radius 2 is 2.00 bits per heavy atom. The number of hydrogen-bond donors (Lipinski definition) is 1. The van der Waals surface area contributed by atoms with E-state index in [4.69, 9.17) is 16.3 Å². The SMILES string of the molecule is COC(Nc1ncnc2cc(Cl)c([N+](=O)[O-])cc12)c1ccccc1. The van der Waals surface area contributed by atoms with Crippen molar-refractivity contribution in [1.29, 1.82) is 0 Å². The van der Waals surface area contributed by atoms with Crippen LogP contribution in [0.15, 0.2) is 48.8 Å². The molecule has 3 aromatic rings. The minimum absolute atomic E-state index is 0.0310. The van der Waals surface area contributed by atoms with Crippen molar-refractivity contribution in [2.45, 2.75) is 6.23 Å². The van der Waals surface area contributed by atoms with Gasteiger partial charge in [-0.1, -0.05) is 41.9 Å². The zero-order valence-corrected chi connectivity index (χ0v) is 13.4. The van der Waals surface area contributed by atoms with Crippen LogP contribution < -0.4 is 5.32 Å². The third kappa shape index (κ3) is 3.12. The van der Waals surface area contributed by atoms with Gasteiger partial charge in [0.1, 0.15) is 17.2 Å². The Morgan fingerprint density at radius 3 is 2.67 bits per heavy atom. The van der Waals surface area contributed by atoms with E-state index in [0.29, 0.717) is 16.7 Å². The summed E-state index contributed by atoms with van der Waals surface area (Å²) in [6.45, 7) is 0. The lowest BCUT2D eigenvalue weighted by atomic mass is 10.1. The largest absolute Gasteiger partial charge is 0.357 e. The fourth-order valence-electron chi connectivity index (χ4n) is 2.35. The van der Waals surface area contributed by atoms with Gasteiger partial charge in [-0.15, -0.1) is 0 Å². The summed E-state index contributed by atoms with van der Waals surface area (Å²) in [7, 11) is 1.56. The van der Waals surface area contributed by atoms with Crippen LogP contribution in [0.3, 0.4) is 0 Å². The Hall–Kier alpha value is -2.77. The van der Waals surface area contributed by atoms with E-state index in [1.165, 1.54) is 18.5 Å². The normalized spacial score (nSPS) is 12.1. The van der Waals surface area contributed by atoms with Crippen molar-refractivity contribution in [3.8, 4) is 0 Å². The van der Waals surface area contributed by atoms with E-state index in [1.54, 1.807) is 7.11 Å². The highest BCUT2D eigenvalue weighted by Crippen LogP contribution is 2.32. The van der Waals surface area contributed by atoms with Crippen LogP contribution >= 0.6 is 11.6 Å². The van der Waals surface area contributed by atoms with Crippen LogP contribution in [0.25, 0.3) is 10.9 Å². The standard InChI is InChI=1S/C16H13ClN4O3/c1-24-16(10-5-3-2-4-6-10)20-15-11-7-14(21(22)23)12(17)8-13(11)18-9-19-15/h2-9,16H,1H3,(H,18,19,20). The molecule has 1 heterocycles. The van der Waals surface area contributed by atoms with Crippen LogP contribution in [0.5, 0.6) is 0 Å². The van der Waals surface area contributed by atoms with Crippen molar-refractivity contribution in [3.63, 3.8) is 0 Å². The van der Waals surface area contributed by atoms with Crippen LogP contribution in [-0.4, -0.2) is 22.0 Å². The van der Waals surface area contributed by atoms with E-state index >= 15 is 0 Å². The second kappa shape index (κ2) is 6.77. The molecule has 24 heavy (non-hydrogen) atoms. The highest BCUT2D eigenvalue weighted by atomic mass is 35.5. The number of nitro groups is 1. The van der Waals surface area contributed by atoms with E-state index in [9.17, 15) is 10.1 Å². The molecule has 1 aromatic heterocycles. The van der Waals surface area contributed by atoms with Gasteiger partial charge in [-0.05, 0) is 6.07 Å². The molecule has 0 bridgehead atoms. The Balaban J connectivity index is 2.05. The first-order chi connectivity index (χ1) is 11.6. The molecule has 7 nitrogen and oxygen atoms in total. The highest BCUT2D eigenvalue weighted by molar-refractivity contribution is 6.33. The van der Waals surface area contributed by atoms with Crippen molar-refractivity contribution in [1.82, 2.24) is 9.97 Å². The van der Waals surface area contributed by atoms with E-state index < -0.39 is 11.2 Å². The number of nitrogens with zero attached hydrogens (tertiary/aromatic N) is 3. The van der Waals surface area contributed by atoms with Gasteiger partial charge in [0.15, 0.2) is 6.23 Å². The first-order valence-electron chi connectivity index (χ1n) is 7.03. The Morgan fingerprint density at radius 1 is 1.25 bits per heavy atom. The lowest BCUT2D eigenvalue weighted by molar-refractivity contribution is -0.384. The molecule has 1 unspecified atom stereocenters. The van der Waals surface area contributed by atoms with Crippen LogP contribution in [0.4, 0.5) is 11.5 Å². The molecule has 0 aliphatic carbocycles. The van der Waals surface area contributed by atoms with E-state index in [0.717, 1.165) is 5.56 Å². The fourth-order valence-corrected chi connectivity index (χ4v) is 2.58. The van der Waals surface area contributed by atoms with Gasteiger partial charge in [0, 0.05) is 24.1 Å². The molecular formula is C16H13ClN4O3. The number of nitrogens with one attached hydrogen (secondary N) is 1. The molecule has 0 radical (unpaired) electrons. The Bertz CT molecular complexity index is 889. The molecule has 0 aliphatic rings. The average molecular weight is 345 g/mol. The lowest BCUT2D eigenvalue weighted by Gasteiger charge is -2.19. The molecule has 8 heteroatoms. The monoisotopic (exact) mass is 344 g/mol. The summed E-state index contributed by atoms with van der Waals surface area (Å²) in [5.74, 6) is 0.426. The zero-order valence-electron chi connectivity index (χ0n) is 12.6. The van der Waals surface area contributed by atoms with Gasteiger partial charge < -0.3 is 10.1 Å². The number of fused-ring (bicyclic) bond motifs is 1. The van der Waals surface area contributed by atoms with Crippen molar-refractivity contribution in [2.75, 3.05) is 12.4 Å². The summed E-state index contributed by atoms with van der Waals surface area (Å²) in [5.41, 5.74) is 1.21. The van der Waals surface area contributed by atoms with E-state index in [1.807, 2.05) is 30.3 Å². The predicted molar refractivity (Wildman–Crippen MR) is 91.0 cm³/mol. The molecule has 122 valence electrons. The minimum Gasteiger partial charge on any atom is -0.357 e. The number of nitro benzene ring substituents is 1. The van der Waals surface area contributed by atoms with Crippen molar-refractivity contribution < 1.29 is 9.66 Å². The van der Waals surface area contributed by atoms with Gasteiger partial charge in [0.05, 0.1) is 10.4 Å². The molecule has 0 aliphatic heterocycles. The lowest BCUT2D eigenvalue weighted by Crippen LogP contribution is -2.14. The highest BCUT2D eigenvalue weighted by Gasteiger charge is 2.18. The fraction of sp³-hybridized carbons (Fsp3) is 0.125. The molecule has 0 saturated heterocycles. The zero-order chi connectivity index (χ0) is 17.1.